The summed E-state index contributed by atoms with van der Waals surface area (Å²) in [4.78, 5) is 29.4. The van der Waals surface area contributed by atoms with Crippen LogP contribution in [-0.2, 0) is 9.59 Å². The van der Waals surface area contributed by atoms with Crippen molar-refractivity contribution in [2.24, 2.45) is 0 Å². The van der Waals surface area contributed by atoms with Crippen LogP contribution in [0.4, 0.5) is 0 Å². The van der Waals surface area contributed by atoms with E-state index < -0.39 is 0 Å². The molecular formula is C27H36ClN3O2. The van der Waals surface area contributed by atoms with E-state index in [0.717, 1.165) is 25.9 Å². The third kappa shape index (κ3) is 7.05. The molecule has 2 aromatic carbocycles. The van der Waals surface area contributed by atoms with Gasteiger partial charge in [0.25, 0.3) is 0 Å². The molecule has 1 heterocycles. The molecule has 2 aliphatic rings. The Bertz CT molecular complexity index is 824. The maximum Gasteiger partial charge on any atom is 0.223 e. The van der Waals surface area contributed by atoms with Gasteiger partial charge in [-0.25, -0.2) is 0 Å². The third-order valence-electron chi connectivity index (χ3n) is 6.80. The zero-order valence-electron chi connectivity index (χ0n) is 19.3. The lowest BCUT2D eigenvalue weighted by molar-refractivity contribution is -0.135. The lowest BCUT2D eigenvalue weighted by Crippen LogP contribution is -2.50. The Morgan fingerprint density at radius 2 is 1.33 bits per heavy atom. The van der Waals surface area contributed by atoms with Crippen molar-refractivity contribution in [1.82, 2.24) is 15.1 Å². The van der Waals surface area contributed by atoms with Crippen molar-refractivity contribution in [3.8, 4) is 0 Å². The lowest BCUT2D eigenvalue weighted by Gasteiger charge is -2.40. The Hall–Kier alpha value is -2.37. The zero-order valence-corrected chi connectivity index (χ0v) is 20.1. The quantitative estimate of drug-likeness (QED) is 0.646. The third-order valence-corrected chi connectivity index (χ3v) is 6.80. The standard InChI is InChI=1S/C27H35N3O2.ClH/c31-25(28-24-14-8-3-9-15-24)16-17-26(32)29-18-20-30(21-19-29)27(22-10-4-1-5-11-22)23-12-6-2-7-13-23;/h1-2,4-7,10-13,24,27H,3,8-9,14-21H2,(H,28,31);1H. The van der Waals surface area contributed by atoms with E-state index in [1.54, 1.807) is 0 Å². The molecule has 1 saturated heterocycles. The predicted molar refractivity (Wildman–Crippen MR) is 134 cm³/mol. The van der Waals surface area contributed by atoms with Crippen LogP contribution in [0.3, 0.4) is 0 Å². The number of carbonyl (C=O) groups excluding carboxylic acids is 2. The number of piperazine rings is 1. The number of nitrogens with one attached hydrogen (secondary N) is 1. The van der Waals surface area contributed by atoms with Crippen molar-refractivity contribution in [3.63, 3.8) is 0 Å². The van der Waals surface area contributed by atoms with Crippen LogP contribution < -0.4 is 5.32 Å². The molecule has 2 aromatic rings. The number of rotatable bonds is 7. The van der Waals surface area contributed by atoms with Gasteiger partial charge < -0.3 is 10.2 Å². The molecule has 2 amide bonds. The average Bonchev–Trinajstić information content (AvgIpc) is 2.85. The molecule has 6 heteroatoms. The summed E-state index contributed by atoms with van der Waals surface area (Å²) in [5.74, 6) is 0.122. The van der Waals surface area contributed by atoms with E-state index in [-0.39, 0.29) is 30.3 Å². The molecule has 1 saturated carbocycles. The maximum atomic E-state index is 12.7. The van der Waals surface area contributed by atoms with Gasteiger partial charge in [0.05, 0.1) is 6.04 Å². The van der Waals surface area contributed by atoms with Crippen LogP contribution in [0, 0.1) is 0 Å². The second-order valence-electron chi connectivity index (χ2n) is 9.04. The van der Waals surface area contributed by atoms with Crippen LogP contribution in [0.15, 0.2) is 60.7 Å². The highest BCUT2D eigenvalue weighted by Crippen LogP contribution is 2.29. The fourth-order valence-electron chi connectivity index (χ4n) is 5.04. The normalized spacial score (nSPS) is 17.4. The van der Waals surface area contributed by atoms with E-state index >= 15 is 0 Å². The molecule has 2 fully saturated rings. The summed E-state index contributed by atoms with van der Waals surface area (Å²) in [6.45, 7) is 3.07. The number of hydrogen-bond donors (Lipinski definition) is 1. The Labute approximate surface area is 203 Å². The topological polar surface area (TPSA) is 52.7 Å². The molecule has 178 valence electrons. The van der Waals surface area contributed by atoms with Gasteiger partial charge in [-0.15, -0.1) is 12.4 Å². The molecule has 33 heavy (non-hydrogen) atoms. The predicted octanol–water partition coefficient (Wildman–Crippen LogP) is 4.57. The molecule has 1 aliphatic carbocycles. The van der Waals surface area contributed by atoms with Crippen molar-refractivity contribution >= 4 is 24.2 Å². The molecule has 0 spiro atoms. The minimum Gasteiger partial charge on any atom is -0.353 e. The zero-order chi connectivity index (χ0) is 22.2. The Morgan fingerprint density at radius 1 is 0.788 bits per heavy atom. The van der Waals surface area contributed by atoms with Gasteiger partial charge in [-0.05, 0) is 24.0 Å². The molecule has 0 bridgehead atoms. The van der Waals surface area contributed by atoms with Crippen LogP contribution in [0.2, 0.25) is 0 Å². The number of carbonyl (C=O) groups is 2. The monoisotopic (exact) mass is 469 g/mol. The van der Waals surface area contributed by atoms with E-state index in [9.17, 15) is 9.59 Å². The van der Waals surface area contributed by atoms with Crippen molar-refractivity contribution in [3.05, 3.63) is 71.8 Å². The summed E-state index contributed by atoms with van der Waals surface area (Å²) in [5.41, 5.74) is 2.55. The van der Waals surface area contributed by atoms with Crippen molar-refractivity contribution in [2.45, 2.75) is 57.0 Å². The van der Waals surface area contributed by atoms with Gasteiger partial charge in [0.15, 0.2) is 0 Å². The first-order valence-electron chi connectivity index (χ1n) is 12.1. The van der Waals surface area contributed by atoms with Gasteiger partial charge in [0.2, 0.25) is 11.8 Å². The summed E-state index contributed by atoms with van der Waals surface area (Å²) < 4.78 is 0. The molecule has 1 N–H and O–H groups in total. The summed E-state index contributed by atoms with van der Waals surface area (Å²) in [6, 6.07) is 21.7. The van der Waals surface area contributed by atoms with E-state index in [4.69, 9.17) is 0 Å². The highest BCUT2D eigenvalue weighted by Gasteiger charge is 2.28. The number of nitrogens with zero attached hydrogens (tertiary/aromatic N) is 2. The molecular weight excluding hydrogens is 434 g/mol. The molecule has 0 unspecified atom stereocenters. The SMILES string of the molecule is Cl.O=C(CCC(=O)N1CCN(C(c2ccccc2)c2ccccc2)CC1)NC1CCCCC1. The Balaban J connectivity index is 0.00000306. The summed E-state index contributed by atoms with van der Waals surface area (Å²) in [7, 11) is 0. The number of halogens is 1. The highest BCUT2D eigenvalue weighted by molar-refractivity contribution is 5.85. The van der Waals surface area contributed by atoms with E-state index in [2.05, 4.69) is 58.7 Å². The number of hydrogen-bond acceptors (Lipinski definition) is 3. The minimum absolute atomic E-state index is 0. The number of benzene rings is 2. The van der Waals surface area contributed by atoms with Gasteiger partial charge in [0.1, 0.15) is 0 Å². The number of amides is 2. The van der Waals surface area contributed by atoms with Crippen molar-refractivity contribution in [2.75, 3.05) is 26.2 Å². The average molecular weight is 470 g/mol. The van der Waals surface area contributed by atoms with Crippen LogP contribution in [0.5, 0.6) is 0 Å². The fraction of sp³-hybridized carbons (Fsp3) is 0.481. The first-order valence-corrected chi connectivity index (χ1v) is 12.1. The second-order valence-corrected chi connectivity index (χ2v) is 9.04. The molecule has 5 nitrogen and oxygen atoms in total. The van der Waals surface area contributed by atoms with Crippen LogP contribution in [0.25, 0.3) is 0 Å². The van der Waals surface area contributed by atoms with E-state index in [1.165, 1.54) is 30.4 Å². The van der Waals surface area contributed by atoms with E-state index in [0.29, 0.717) is 32.0 Å². The molecule has 0 radical (unpaired) electrons. The van der Waals surface area contributed by atoms with Gasteiger partial charge in [-0.2, -0.15) is 0 Å². The summed E-state index contributed by atoms with van der Waals surface area (Å²) in [6.07, 6.45) is 6.41. The smallest absolute Gasteiger partial charge is 0.223 e. The summed E-state index contributed by atoms with van der Waals surface area (Å²) >= 11 is 0. The van der Waals surface area contributed by atoms with Gasteiger partial charge in [-0.3, -0.25) is 14.5 Å². The summed E-state index contributed by atoms with van der Waals surface area (Å²) in [5, 5.41) is 3.12. The lowest BCUT2D eigenvalue weighted by atomic mass is 9.95. The molecule has 1 aliphatic heterocycles. The van der Waals surface area contributed by atoms with Crippen LogP contribution in [0.1, 0.15) is 62.1 Å². The minimum atomic E-state index is 0. The first-order chi connectivity index (χ1) is 15.7. The van der Waals surface area contributed by atoms with Crippen molar-refractivity contribution < 1.29 is 9.59 Å². The van der Waals surface area contributed by atoms with E-state index in [1.807, 2.05) is 17.0 Å². The largest absolute Gasteiger partial charge is 0.353 e. The second kappa shape index (κ2) is 12.8. The Kier molecular flexibility index (Phi) is 9.76. The van der Waals surface area contributed by atoms with Gasteiger partial charge >= 0.3 is 0 Å². The van der Waals surface area contributed by atoms with Crippen LogP contribution in [-0.4, -0.2) is 53.8 Å². The molecule has 0 aromatic heterocycles. The van der Waals surface area contributed by atoms with Crippen LogP contribution >= 0.6 is 12.4 Å². The molecule has 4 rings (SSSR count). The maximum absolute atomic E-state index is 12.7. The van der Waals surface area contributed by atoms with Crippen molar-refractivity contribution in [1.29, 1.82) is 0 Å². The van der Waals surface area contributed by atoms with Gasteiger partial charge in [0, 0.05) is 45.1 Å². The first kappa shape index (κ1) is 25.3. The molecule has 0 atom stereocenters. The highest BCUT2D eigenvalue weighted by atomic mass is 35.5. The Morgan fingerprint density at radius 3 is 1.88 bits per heavy atom. The van der Waals surface area contributed by atoms with Gasteiger partial charge in [-0.1, -0.05) is 79.9 Å². The fourth-order valence-corrected chi connectivity index (χ4v) is 5.04.